The van der Waals surface area contributed by atoms with Crippen molar-refractivity contribution in [2.24, 2.45) is 0 Å². The lowest BCUT2D eigenvalue weighted by Crippen LogP contribution is -2.81. The Bertz CT molecular complexity index is 1140. The first-order valence-corrected chi connectivity index (χ1v) is 9.88. The first kappa shape index (κ1) is 17.4. The molecule has 0 amide bonds. The molecule has 1 aliphatic rings. The van der Waals surface area contributed by atoms with E-state index in [9.17, 15) is 0 Å². The zero-order valence-corrected chi connectivity index (χ0v) is 16.3. The molecule has 3 nitrogen and oxygen atoms in total. The zero-order chi connectivity index (χ0) is 19.7. The predicted molar refractivity (Wildman–Crippen MR) is 118 cm³/mol. The Balaban J connectivity index is 1.85. The number of aromatic nitrogens is 2. The van der Waals surface area contributed by atoms with Crippen LogP contribution < -0.4 is 15.4 Å². The van der Waals surface area contributed by atoms with Crippen LogP contribution in [0.2, 0.25) is 0 Å². The minimum atomic E-state index is -1.73. The van der Waals surface area contributed by atoms with Gasteiger partial charge in [-0.25, -0.2) is 4.98 Å². The fraction of sp³-hybridized carbons (Fsp3) is 0.0400. The van der Waals surface area contributed by atoms with E-state index in [-0.39, 0.29) is 0 Å². The third kappa shape index (κ3) is 2.94. The number of rotatable bonds is 3. The van der Waals surface area contributed by atoms with Crippen LogP contribution in [0.3, 0.4) is 0 Å². The first-order valence-electron chi connectivity index (χ1n) is 9.88. The van der Waals surface area contributed by atoms with Gasteiger partial charge < -0.3 is 9.13 Å². The van der Waals surface area contributed by atoms with E-state index in [1.807, 2.05) is 43.5 Å². The van der Waals surface area contributed by atoms with E-state index in [1.165, 1.54) is 0 Å². The molecule has 1 aromatic heterocycles. The molecule has 0 spiro atoms. The second-order valence-electron chi connectivity index (χ2n) is 7.42. The Labute approximate surface area is 170 Å². The zero-order valence-electron chi connectivity index (χ0n) is 16.3. The molecular weight excluding hydrogens is 355 g/mol. The van der Waals surface area contributed by atoms with E-state index in [4.69, 9.17) is 4.65 Å². The molecule has 1 aliphatic heterocycles. The largest absolute Gasteiger partial charge is 0.651 e. The topological polar surface area (TPSA) is 26.0 Å². The van der Waals surface area contributed by atoms with Gasteiger partial charge in [0, 0.05) is 11.6 Å². The van der Waals surface area contributed by atoms with Crippen LogP contribution in [0.5, 0.6) is 0 Å². The molecule has 0 fully saturated rings. The van der Waals surface area contributed by atoms with E-state index in [1.54, 1.807) is 0 Å². The third-order valence-corrected chi connectivity index (χ3v) is 5.55. The number of hydrogen-bond donors (Lipinski definition) is 0. The van der Waals surface area contributed by atoms with E-state index in [0.29, 0.717) is 0 Å². The Morgan fingerprint density at radius 3 is 1.90 bits per heavy atom. The normalized spacial score (nSPS) is 14.4. The minimum Gasteiger partial charge on any atom is -0.651 e. The van der Waals surface area contributed by atoms with E-state index in [0.717, 1.165) is 33.6 Å². The summed E-state index contributed by atoms with van der Waals surface area (Å²) in [7, 11) is 0. The molecule has 0 unspecified atom stereocenters. The summed E-state index contributed by atoms with van der Waals surface area (Å²) in [6, 6.07) is 31.2. The van der Waals surface area contributed by atoms with Gasteiger partial charge in [0.25, 0.3) is 0 Å². The molecule has 4 heteroatoms. The van der Waals surface area contributed by atoms with Gasteiger partial charge in [-0.05, 0) is 6.92 Å². The fourth-order valence-electron chi connectivity index (χ4n) is 4.21. The number of hydrogen-bond acceptors (Lipinski definition) is 2. The highest BCUT2D eigenvalue weighted by atomic mass is 16.5. The predicted octanol–water partition coefficient (Wildman–Crippen LogP) is 3.31. The van der Waals surface area contributed by atoms with Crippen molar-refractivity contribution in [3.8, 4) is 0 Å². The molecule has 0 aliphatic carbocycles. The number of nitrogens with zero attached hydrogens (tertiary/aromatic N) is 2. The van der Waals surface area contributed by atoms with Gasteiger partial charge >= 0.3 is 6.48 Å². The standard InChI is InChI=1S/C25H21BN2O/c1-20-19-28-24(18-27-20)17-25(21-11-5-2-6-12-21)29-26(28,22-13-7-3-8-14-22)23-15-9-4-10-16-23/h2-19H,1H3. The molecule has 2 heterocycles. The highest BCUT2D eigenvalue weighted by Gasteiger charge is 2.48. The van der Waals surface area contributed by atoms with Crippen LogP contribution in [0.1, 0.15) is 17.0 Å². The van der Waals surface area contributed by atoms with Crippen molar-refractivity contribution in [3.05, 3.63) is 120 Å². The maximum absolute atomic E-state index is 6.97. The van der Waals surface area contributed by atoms with Gasteiger partial charge in [0.05, 0.1) is 17.6 Å². The van der Waals surface area contributed by atoms with Gasteiger partial charge in [-0.3, -0.25) is 0 Å². The van der Waals surface area contributed by atoms with Crippen molar-refractivity contribution in [2.45, 2.75) is 6.92 Å². The smallest absolute Gasteiger partial charge is 0.513 e. The summed E-state index contributed by atoms with van der Waals surface area (Å²) in [5.74, 6) is 0.851. The van der Waals surface area contributed by atoms with Gasteiger partial charge in [0.2, 0.25) is 0 Å². The molecule has 0 N–H and O–H groups in total. The Morgan fingerprint density at radius 1 is 0.759 bits per heavy atom. The SMILES string of the molecule is Cc1c[n+]2c(cn1)C=C(c1ccccc1)O[B-]2(c1ccccc1)c1ccccc1. The summed E-state index contributed by atoms with van der Waals surface area (Å²) >= 11 is 0. The van der Waals surface area contributed by atoms with E-state index >= 15 is 0 Å². The van der Waals surface area contributed by atoms with Crippen LogP contribution in [0.25, 0.3) is 11.8 Å². The van der Waals surface area contributed by atoms with Crippen LogP contribution in [-0.4, -0.2) is 11.5 Å². The van der Waals surface area contributed by atoms with Gasteiger partial charge in [0.1, 0.15) is 6.20 Å². The summed E-state index contributed by atoms with van der Waals surface area (Å²) in [5.41, 5.74) is 5.27. The van der Waals surface area contributed by atoms with Crippen LogP contribution in [0.15, 0.2) is 103 Å². The lowest BCUT2D eigenvalue weighted by atomic mass is 9.40. The van der Waals surface area contributed by atoms with Crippen LogP contribution in [-0.2, 0) is 4.65 Å². The highest BCUT2D eigenvalue weighted by molar-refractivity contribution is 6.91. The molecule has 0 saturated heterocycles. The second-order valence-corrected chi connectivity index (χ2v) is 7.42. The Kier molecular flexibility index (Phi) is 4.25. The molecule has 0 saturated carbocycles. The maximum Gasteiger partial charge on any atom is 0.513 e. The summed E-state index contributed by atoms with van der Waals surface area (Å²) in [6.07, 6.45) is 6.10. The summed E-state index contributed by atoms with van der Waals surface area (Å²) in [4.78, 5) is 4.56. The molecule has 3 aromatic carbocycles. The first-order chi connectivity index (χ1) is 14.3. The van der Waals surface area contributed by atoms with Gasteiger partial charge in [-0.2, -0.15) is 0 Å². The quantitative estimate of drug-likeness (QED) is 0.513. The molecule has 0 atom stereocenters. The summed E-state index contributed by atoms with van der Waals surface area (Å²) in [5, 5.41) is 0. The molecule has 0 bridgehead atoms. The monoisotopic (exact) mass is 376 g/mol. The van der Waals surface area contributed by atoms with Crippen molar-refractivity contribution in [3.63, 3.8) is 0 Å². The lowest BCUT2D eigenvalue weighted by Gasteiger charge is -2.41. The van der Waals surface area contributed by atoms with Crippen LogP contribution >= 0.6 is 0 Å². The van der Waals surface area contributed by atoms with E-state index < -0.39 is 6.48 Å². The fourth-order valence-corrected chi connectivity index (χ4v) is 4.21. The summed E-state index contributed by atoms with van der Waals surface area (Å²) < 4.78 is 9.22. The van der Waals surface area contributed by atoms with Crippen molar-refractivity contribution in [1.29, 1.82) is 0 Å². The molecular formula is C25H21BN2O. The van der Waals surface area contributed by atoms with Crippen molar-refractivity contribution in [1.82, 2.24) is 4.98 Å². The second kappa shape index (κ2) is 7.06. The third-order valence-electron chi connectivity index (χ3n) is 5.55. The molecule has 0 radical (unpaired) electrons. The van der Waals surface area contributed by atoms with Crippen LogP contribution in [0, 0.1) is 6.92 Å². The number of benzene rings is 3. The van der Waals surface area contributed by atoms with Crippen LogP contribution in [0.4, 0.5) is 0 Å². The average molecular weight is 376 g/mol. The molecule has 5 rings (SSSR count). The highest BCUT2D eigenvalue weighted by Crippen LogP contribution is 2.26. The van der Waals surface area contributed by atoms with Crippen molar-refractivity contribution in [2.75, 3.05) is 0 Å². The van der Waals surface area contributed by atoms with Crippen molar-refractivity contribution < 1.29 is 9.13 Å². The Morgan fingerprint density at radius 2 is 1.31 bits per heavy atom. The minimum absolute atomic E-state index is 0.851. The number of fused-ring (bicyclic) bond motifs is 1. The van der Waals surface area contributed by atoms with E-state index in [2.05, 4.69) is 82.4 Å². The van der Waals surface area contributed by atoms with Gasteiger partial charge in [-0.1, -0.05) is 102 Å². The van der Waals surface area contributed by atoms with Gasteiger partial charge in [0.15, 0.2) is 5.69 Å². The molecule has 140 valence electrons. The lowest BCUT2D eigenvalue weighted by molar-refractivity contribution is -0.558. The van der Waals surface area contributed by atoms with Gasteiger partial charge in [-0.15, -0.1) is 0 Å². The number of aryl methyl sites for hydroxylation is 1. The summed E-state index contributed by atoms with van der Waals surface area (Å²) in [6.45, 7) is 0.288. The molecule has 4 aromatic rings. The van der Waals surface area contributed by atoms with Crippen molar-refractivity contribution >= 4 is 29.2 Å². The maximum atomic E-state index is 6.97. The average Bonchev–Trinajstić information content (AvgIpc) is 2.80. The Hall–Kier alpha value is -3.66. The molecule has 29 heavy (non-hydrogen) atoms.